The van der Waals surface area contributed by atoms with E-state index in [1.165, 1.54) is 0 Å². The van der Waals surface area contributed by atoms with Crippen LogP contribution in [0.1, 0.15) is 40.5 Å². The minimum Gasteiger partial charge on any atom is -0.294 e. The van der Waals surface area contributed by atoms with Crippen LogP contribution >= 0.6 is 0 Å². The zero-order valence-electron chi connectivity index (χ0n) is 11.6. The first-order valence-electron chi connectivity index (χ1n) is 6.86. The molecule has 0 radical (unpaired) electrons. The summed E-state index contributed by atoms with van der Waals surface area (Å²) >= 11 is 0. The lowest BCUT2D eigenvalue weighted by atomic mass is 9.93. The zero-order chi connectivity index (χ0) is 14.4. The van der Waals surface area contributed by atoms with Gasteiger partial charge in [-0.25, -0.2) is 0 Å². The number of Topliss-reactive ketones (excluding diaryl/α,β-unsaturated/α-hetero) is 2. The summed E-state index contributed by atoms with van der Waals surface area (Å²) in [6.45, 7) is 1.88. The van der Waals surface area contributed by atoms with Crippen molar-refractivity contribution in [3.8, 4) is 0 Å². The van der Waals surface area contributed by atoms with Gasteiger partial charge in [0.15, 0.2) is 11.6 Å². The minimum absolute atomic E-state index is 0.0957. The molecule has 0 saturated heterocycles. The van der Waals surface area contributed by atoms with E-state index in [0.717, 1.165) is 0 Å². The third-order valence-corrected chi connectivity index (χ3v) is 3.41. The largest absolute Gasteiger partial charge is 0.294 e. The molecule has 2 aromatic carbocycles. The topological polar surface area (TPSA) is 34.1 Å². The van der Waals surface area contributed by atoms with Gasteiger partial charge in [-0.15, -0.1) is 0 Å². The summed E-state index contributed by atoms with van der Waals surface area (Å²) in [6.07, 6.45) is 0.991. The maximum absolute atomic E-state index is 12.2. The molecule has 0 aliphatic carbocycles. The van der Waals surface area contributed by atoms with Crippen LogP contribution in [0.5, 0.6) is 0 Å². The first-order chi connectivity index (χ1) is 9.68. The van der Waals surface area contributed by atoms with Crippen molar-refractivity contribution < 1.29 is 9.59 Å². The van der Waals surface area contributed by atoms with E-state index in [9.17, 15) is 9.59 Å². The molecule has 2 aromatic rings. The van der Waals surface area contributed by atoms with Gasteiger partial charge in [-0.1, -0.05) is 67.6 Å². The molecule has 0 aliphatic heterocycles. The second-order valence-corrected chi connectivity index (χ2v) is 4.96. The fraction of sp³-hybridized carbons (Fsp3) is 0.222. The van der Waals surface area contributed by atoms with Crippen molar-refractivity contribution in [2.75, 3.05) is 0 Å². The lowest BCUT2D eigenvalue weighted by molar-refractivity contribution is 0.0907. The highest BCUT2D eigenvalue weighted by molar-refractivity contribution is 5.99. The van der Waals surface area contributed by atoms with Crippen molar-refractivity contribution in [1.82, 2.24) is 0 Å². The number of rotatable bonds is 6. The van der Waals surface area contributed by atoms with Crippen LogP contribution in [0.4, 0.5) is 0 Å². The number of hydrogen-bond donors (Lipinski definition) is 0. The lowest BCUT2D eigenvalue weighted by Crippen LogP contribution is -2.13. The fourth-order valence-corrected chi connectivity index (χ4v) is 2.13. The van der Waals surface area contributed by atoms with Gasteiger partial charge in [-0.3, -0.25) is 9.59 Å². The second kappa shape index (κ2) is 6.80. The summed E-state index contributed by atoms with van der Waals surface area (Å²) < 4.78 is 0. The van der Waals surface area contributed by atoms with Gasteiger partial charge in [0.05, 0.1) is 0 Å². The van der Waals surface area contributed by atoms with E-state index in [-0.39, 0.29) is 17.5 Å². The molecule has 0 spiro atoms. The molecule has 0 aromatic heterocycles. The average molecular weight is 266 g/mol. The number of ketones is 2. The standard InChI is InChI=1S/C18H18O2/c1-14(18(20)16-10-6-3-7-11-16)12-13-17(19)15-8-4-2-5-9-15/h2-11,14H,12-13H2,1H3. The van der Waals surface area contributed by atoms with Crippen LogP contribution < -0.4 is 0 Å². The Kier molecular flexibility index (Phi) is 4.83. The van der Waals surface area contributed by atoms with E-state index < -0.39 is 0 Å². The van der Waals surface area contributed by atoms with Crippen molar-refractivity contribution in [3.05, 3.63) is 71.8 Å². The molecule has 0 bridgehead atoms. The van der Waals surface area contributed by atoms with Gasteiger partial charge >= 0.3 is 0 Å². The molecule has 20 heavy (non-hydrogen) atoms. The van der Waals surface area contributed by atoms with E-state index in [0.29, 0.717) is 24.0 Å². The number of carbonyl (C=O) groups excluding carboxylic acids is 2. The Balaban J connectivity index is 1.91. The van der Waals surface area contributed by atoms with Gasteiger partial charge < -0.3 is 0 Å². The van der Waals surface area contributed by atoms with Crippen LogP contribution in [0.2, 0.25) is 0 Å². The molecule has 1 unspecified atom stereocenters. The maximum atomic E-state index is 12.2. The highest BCUT2D eigenvalue weighted by Gasteiger charge is 2.16. The molecule has 0 saturated carbocycles. The minimum atomic E-state index is -0.134. The SMILES string of the molecule is CC(CCC(=O)c1ccccc1)C(=O)c1ccccc1. The van der Waals surface area contributed by atoms with Gasteiger partial charge in [0.2, 0.25) is 0 Å². The van der Waals surface area contributed by atoms with Gasteiger partial charge in [0.25, 0.3) is 0 Å². The van der Waals surface area contributed by atoms with E-state index in [2.05, 4.69) is 0 Å². The number of carbonyl (C=O) groups is 2. The molecule has 0 N–H and O–H groups in total. The third kappa shape index (κ3) is 3.64. The molecule has 0 aliphatic rings. The normalized spacial score (nSPS) is 11.8. The summed E-state index contributed by atoms with van der Waals surface area (Å²) in [4.78, 5) is 24.2. The van der Waals surface area contributed by atoms with Crippen molar-refractivity contribution in [1.29, 1.82) is 0 Å². The van der Waals surface area contributed by atoms with E-state index in [4.69, 9.17) is 0 Å². The van der Waals surface area contributed by atoms with Crippen LogP contribution in [0.15, 0.2) is 60.7 Å². The van der Waals surface area contributed by atoms with Crippen LogP contribution in [-0.2, 0) is 0 Å². The lowest BCUT2D eigenvalue weighted by Gasteiger charge is -2.10. The number of hydrogen-bond acceptors (Lipinski definition) is 2. The van der Waals surface area contributed by atoms with Gasteiger partial charge in [-0.05, 0) is 6.42 Å². The van der Waals surface area contributed by atoms with Crippen LogP contribution in [0.3, 0.4) is 0 Å². The zero-order valence-corrected chi connectivity index (χ0v) is 11.6. The smallest absolute Gasteiger partial charge is 0.165 e. The molecule has 2 rings (SSSR count). The molecule has 0 heterocycles. The molecular formula is C18H18O2. The Bertz CT molecular complexity index is 573. The summed E-state index contributed by atoms with van der Waals surface area (Å²) in [6, 6.07) is 18.5. The van der Waals surface area contributed by atoms with Crippen molar-refractivity contribution in [2.45, 2.75) is 19.8 Å². The van der Waals surface area contributed by atoms with Crippen LogP contribution in [-0.4, -0.2) is 11.6 Å². The van der Waals surface area contributed by atoms with Crippen LogP contribution in [0.25, 0.3) is 0 Å². The molecular weight excluding hydrogens is 248 g/mol. The monoisotopic (exact) mass is 266 g/mol. The van der Waals surface area contributed by atoms with E-state index in [1.807, 2.05) is 67.6 Å². The molecule has 2 nitrogen and oxygen atoms in total. The first kappa shape index (κ1) is 14.2. The molecule has 1 atom stereocenters. The molecule has 0 fully saturated rings. The maximum Gasteiger partial charge on any atom is 0.165 e. The first-order valence-corrected chi connectivity index (χ1v) is 6.86. The highest BCUT2D eigenvalue weighted by atomic mass is 16.1. The Morgan fingerprint density at radius 2 is 1.35 bits per heavy atom. The predicted molar refractivity (Wildman–Crippen MR) is 79.9 cm³/mol. The van der Waals surface area contributed by atoms with Crippen molar-refractivity contribution >= 4 is 11.6 Å². The van der Waals surface area contributed by atoms with Gasteiger partial charge in [0.1, 0.15) is 0 Å². The Hall–Kier alpha value is -2.22. The summed E-state index contributed by atoms with van der Waals surface area (Å²) in [5, 5.41) is 0. The van der Waals surface area contributed by atoms with Crippen molar-refractivity contribution in [2.24, 2.45) is 5.92 Å². The van der Waals surface area contributed by atoms with Crippen LogP contribution in [0, 0.1) is 5.92 Å². The molecule has 2 heteroatoms. The number of benzene rings is 2. The summed E-state index contributed by atoms with van der Waals surface area (Å²) in [7, 11) is 0. The predicted octanol–water partition coefficient (Wildman–Crippen LogP) is 4.17. The Morgan fingerprint density at radius 1 is 0.850 bits per heavy atom. The highest BCUT2D eigenvalue weighted by Crippen LogP contribution is 2.15. The van der Waals surface area contributed by atoms with E-state index in [1.54, 1.807) is 0 Å². The third-order valence-electron chi connectivity index (χ3n) is 3.41. The Labute approximate surface area is 119 Å². The Morgan fingerprint density at radius 3 is 1.90 bits per heavy atom. The van der Waals surface area contributed by atoms with E-state index >= 15 is 0 Å². The second-order valence-electron chi connectivity index (χ2n) is 4.96. The van der Waals surface area contributed by atoms with Gasteiger partial charge in [0, 0.05) is 23.5 Å². The fourth-order valence-electron chi connectivity index (χ4n) is 2.13. The summed E-state index contributed by atoms with van der Waals surface area (Å²) in [5.74, 6) is 0.0647. The molecule has 0 amide bonds. The van der Waals surface area contributed by atoms with Gasteiger partial charge in [-0.2, -0.15) is 0 Å². The molecule has 102 valence electrons. The van der Waals surface area contributed by atoms with Crippen molar-refractivity contribution in [3.63, 3.8) is 0 Å². The quantitative estimate of drug-likeness (QED) is 0.735. The average Bonchev–Trinajstić information content (AvgIpc) is 2.53. The summed E-state index contributed by atoms with van der Waals surface area (Å²) in [5.41, 5.74) is 1.43.